The zero-order chi connectivity index (χ0) is 46.8. The molecule has 3 rings (SSSR count). The molecule has 7 atom stereocenters. The van der Waals surface area contributed by atoms with E-state index in [1.165, 1.54) is 65.2 Å². The van der Waals surface area contributed by atoms with E-state index in [1.54, 1.807) is 0 Å². The van der Waals surface area contributed by atoms with Crippen molar-refractivity contribution >= 4 is 69.1 Å². The average molecular weight is 974 g/mol. The molecule has 24 nitrogen and oxygen atoms in total. The molecule has 0 radical (unpaired) electrons. The summed E-state index contributed by atoms with van der Waals surface area (Å²) < 4.78 is 60.7. The quantitative estimate of drug-likeness (QED) is 0.0516. The number of carbonyl (C=O) groups excluding carboxylic acids is 3. The predicted octanol–water partition coefficient (Wildman–Crippen LogP) is 0.838. The van der Waals surface area contributed by atoms with Crippen LogP contribution in [-0.4, -0.2) is 103 Å². The van der Waals surface area contributed by atoms with E-state index in [0.717, 1.165) is 48.2 Å². The van der Waals surface area contributed by atoms with Gasteiger partial charge in [-0.1, -0.05) is 96.7 Å². The molecule has 3 heterocycles. The van der Waals surface area contributed by atoms with Gasteiger partial charge in [0.05, 0.1) is 27.4 Å². The lowest BCUT2D eigenvalue weighted by atomic mass is 9.87. The van der Waals surface area contributed by atoms with Crippen molar-refractivity contribution in [3.63, 3.8) is 0 Å². The lowest BCUT2D eigenvalue weighted by molar-refractivity contribution is -0.347. The van der Waals surface area contributed by atoms with Crippen molar-refractivity contribution in [3.8, 4) is 0 Å². The lowest BCUT2D eigenvalue weighted by Gasteiger charge is -2.36. The monoisotopic (exact) mass is 973 g/mol. The highest BCUT2D eigenvalue weighted by Gasteiger charge is 2.47. The SMILES string of the molecule is CCCCCCCCCCCCCC(=O)SCCNC(=O)CCNC(=O)[C@H](O)C(C)(C)COP(=O)([O-])OP(=O)([O-])OC[C@H]1O[C@@H](n2cnc3c(N)ncnc32)[C@H](O)[C@@H]1OP(=O)([O-])[O-]. The summed E-state index contributed by atoms with van der Waals surface area (Å²) in [4.78, 5) is 96.6. The van der Waals surface area contributed by atoms with Crippen LogP contribution < -0.4 is 35.9 Å². The van der Waals surface area contributed by atoms with Crippen LogP contribution >= 0.6 is 35.2 Å². The van der Waals surface area contributed by atoms with Crippen molar-refractivity contribution in [3.05, 3.63) is 12.7 Å². The van der Waals surface area contributed by atoms with E-state index >= 15 is 0 Å². The number of thioether (sulfide) groups is 1. The summed E-state index contributed by atoms with van der Waals surface area (Å²) in [5.74, 6) is -1.13. The summed E-state index contributed by atoms with van der Waals surface area (Å²) >= 11 is 1.14. The summed E-state index contributed by atoms with van der Waals surface area (Å²) in [5.41, 5.74) is 4.09. The number of nitrogen functional groups attached to an aromatic ring is 1. The third kappa shape index (κ3) is 19.5. The van der Waals surface area contributed by atoms with Gasteiger partial charge in [-0.2, -0.15) is 0 Å². The maximum absolute atomic E-state index is 12.6. The van der Waals surface area contributed by atoms with Gasteiger partial charge in [0.15, 0.2) is 22.8 Å². The fourth-order valence-corrected chi connectivity index (χ4v) is 9.73. The van der Waals surface area contributed by atoms with E-state index in [9.17, 15) is 57.9 Å². The molecule has 6 N–H and O–H groups in total. The topological polar surface area (TPSA) is 375 Å². The first-order chi connectivity index (χ1) is 29.6. The summed E-state index contributed by atoms with van der Waals surface area (Å²) in [6, 6.07) is 0. The fourth-order valence-electron chi connectivity index (χ4n) is 6.28. The number of aromatic nitrogens is 4. The fraction of sp³-hybridized carbons (Fsp3) is 0.771. The van der Waals surface area contributed by atoms with Gasteiger partial charge in [0, 0.05) is 37.1 Å². The number of fused-ring (bicyclic) bond motifs is 1. The van der Waals surface area contributed by atoms with E-state index < -0.39 is 84.6 Å². The van der Waals surface area contributed by atoms with Crippen LogP contribution in [0, 0.1) is 5.41 Å². The molecule has 2 unspecified atom stereocenters. The molecule has 0 saturated carbocycles. The third-order valence-corrected chi connectivity index (χ3v) is 13.7. The second-order valence-electron chi connectivity index (χ2n) is 15.5. The highest BCUT2D eigenvalue weighted by molar-refractivity contribution is 8.13. The van der Waals surface area contributed by atoms with E-state index in [2.05, 4.69) is 50.4 Å². The normalized spacial score (nSPS) is 20.6. The van der Waals surface area contributed by atoms with Crippen molar-refractivity contribution < 1.29 is 80.5 Å². The second kappa shape index (κ2) is 26.0. The molecular formula is C35H58N7O17P3S-4. The molecule has 2 amide bonds. The number of nitrogens with one attached hydrogen (secondary N) is 2. The van der Waals surface area contributed by atoms with Crippen molar-refractivity contribution in [1.29, 1.82) is 0 Å². The van der Waals surface area contributed by atoms with Crippen molar-refractivity contribution in [2.45, 2.75) is 135 Å². The third-order valence-electron chi connectivity index (χ3n) is 9.72. The zero-order valence-electron chi connectivity index (χ0n) is 35.4. The summed E-state index contributed by atoms with van der Waals surface area (Å²) in [6.45, 7) is 2.39. The summed E-state index contributed by atoms with van der Waals surface area (Å²) in [7, 11) is -17.6. The van der Waals surface area contributed by atoms with Gasteiger partial charge in [-0.25, -0.2) is 19.3 Å². The Morgan fingerprint density at radius 1 is 0.921 bits per heavy atom. The second-order valence-corrected chi connectivity index (χ2v) is 20.7. The van der Waals surface area contributed by atoms with Gasteiger partial charge in [0.25, 0.3) is 15.6 Å². The number of hydrogen-bond donors (Lipinski definition) is 5. The molecular weight excluding hydrogens is 915 g/mol. The molecule has 0 aliphatic carbocycles. The Labute approximate surface area is 369 Å². The van der Waals surface area contributed by atoms with Crippen LogP contribution in [0.15, 0.2) is 12.7 Å². The Balaban J connectivity index is 1.35. The van der Waals surface area contributed by atoms with Crippen molar-refractivity contribution in [2.24, 2.45) is 5.41 Å². The van der Waals surface area contributed by atoms with Crippen LogP contribution in [0.25, 0.3) is 11.2 Å². The molecule has 2 aromatic heterocycles. The molecule has 360 valence electrons. The van der Waals surface area contributed by atoms with Gasteiger partial charge in [0.1, 0.15) is 36.3 Å². The molecule has 2 aromatic rings. The minimum absolute atomic E-state index is 0.0184. The number of imidazole rings is 1. The van der Waals surface area contributed by atoms with Gasteiger partial charge in [-0.15, -0.1) is 0 Å². The number of phosphoric ester groups is 3. The Kier molecular flexibility index (Phi) is 22.7. The predicted molar refractivity (Wildman–Crippen MR) is 219 cm³/mol. The summed E-state index contributed by atoms with van der Waals surface area (Å²) in [6.07, 6.45) is 6.00. The molecule has 1 aliphatic rings. The number of hydrogen-bond acceptors (Lipinski definition) is 22. The smallest absolute Gasteiger partial charge is 0.274 e. The first-order valence-corrected chi connectivity index (χ1v) is 25.9. The summed E-state index contributed by atoms with van der Waals surface area (Å²) in [5, 5.41) is 26.4. The first-order valence-electron chi connectivity index (χ1n) is 20.5. The molecule has 0 aromatic carbocycles. The Morgan fingerprint density at radius 2 is 1.54 bits per heavy atom. The number of aliphatic hydroxyl groups excluding tert-OH is 2. The molecule has 1 fully saturated rings. The highest BCUT2D eigenvalue weighted by Crippen LogP contribution is 2.56. The Morgan fingerprint density at radius 3 is 2.17 bits per heavy atom. The minimum Gasteiger partial charge on any atom is -0.790 e. The van der Waals surface area contributed by atoms with Gasteiger partial charge >= 0.3 is 0 Å². The largest absolute Gasteiger partial charge is 0.790 e. The highest BCUT2D eigenvalue weighted by atomic mass is 32.2. The van der Waals surface area contributed by atoms with Crippen LogP contribution in [0.1, 0.15) is 110 Å². The van der Waals surface area contributed by atoms with Crippen LogP contribution in [0.2, 0.25) is 0 Å². The first kappa shape index (κ1) is 54.9. The number of nitrogens with zero attached hydrogens (tertiary/aromatic N) is 4. The molecule has 28 heteroatoms. The molecule has 0 bridgehead atoms. The maximum Gasteiger partial charge on any atom is 0.274 e. The number of rotatable bonds is 31. The van der Waals surface area contributed by atoms with Crippen LogP contribution in [0.3, 0.4) is 0 Å². The van der Waals surface area contributed by atoms with Gasteiger partial charge in [-0.05, 0) is 6.42 Å². The number of anilines is 1. The standard InChI is InChI=1S/C35H62N7O17P3S/c1-4-5-6-7-8-9-10-11-12-13-14-15-26(44)63-19-18-37-25(43)16-17-38-33(47)30(46)35(2,3)21-56-62(53,54)59-61(51,52)55-20-24-29(58-60(48,49)50)28(45)34(57-24)42-23-41-27-31(36)39-22-40-32(27)42/h22-24,28-30,34,45-46H,4-21H2,1-3H3,(H,37,43)(H,38,47)(H,51,52)(H,53,54)(H2,36,39,40)(H2,48,49,50)/p-4/t24-,28-,29-,30+,34-/m1/s1. The molecule has 0 spiro atoms. The maximum atomic E-state index is 12.6. The number of nitrogens with two attached hydrogens (primary N) is 1. The number of aliphatic hydroxyl groups is 2. The van der Waals surface area contributed by atoms with Gasteiger partial charge in [-0.3, -0.25) is 28.1 Å². The zero-order valence-corrected chi connectivity index (χ0v) is 38.9. The van der Waals surface area contributed by atoms with Gasteiger partial charge in [0.2, 0.25) is 11.8 Å². The number of amides is 2. The number of carbonyl (C=O) groups is 3. The van der Waals surface area contributed by atoms with E-state index in [1.807, 2.05) is 0 Å². The number of ether oxygens (including phenoxy) is 1. The van der Waals surface area contributed by atoms with Crippen LogP contribution in [0.5, 0.6) is 0 Å². The van der Waals surface area contributed by atoms with Crippen molar-refractivity contribution in [2.75, 3.05) is 37.8 Å². The van der Waals surface area contributed by atoms with Crippen LogP contribution in [0.4, 0.5) is 5.82 Å². The number of unbranched alkanes of at least 4 members (excludes halogenated alkanes) is 10. The Hall–Kier alpha value is -2.44. The molecule has 1 aliphatic heterocycles. The molecule has 1 saturated heterocycles. The number of phosphoric acid groups is 3. The van der Waals surface area contributed by atoms with Gasteiger partial charge < -0.3 is 69.0 Å². The minimum atomic E-state index is -5.91. The van der Waals surface area contributed by atoms with Crippen LogP contribution in [-0.2, 0) is 50.7 Å². The average Bonchev–Trinajstić information content (AvgIpc) is 3.76. The van der Waals surface area contributed by atoms with E-state index in [0.29, 0.717) is 12.2 Å². The molecule has 63 heavy (non-hydrogen) atoms. The lowest BCUT2D eigenvalue weighted by Crippen LogP contribution is -2.46. The Bertz CT molecular complexity index is 1920. The van der Waals surface area contributed by atoms with E-state index in [-0.39, 0.29) is 41.6 Å². The van der Waals surface area contributed by atoms with E-state index in [4.69, 9.17) is 10.5 Å². The van der Waals surface area contributed by atoms with Crippen molar-refractivity contribution in [1.82, 2.24) is 30.2 Å².